The fourth-order valence-electron chi connectivity index (χ4n) is 4.48. The fraction of sp³-hybridized carbons (Fsp3) is 0.235. The molecule has 4 aromatic rings. The van der Waals surface area contributed by atoms with Crippen LogP contribution in [0.4, 0.5) is 11.4 Å². The number of carbonyl (C=O) groups excluding carboxylic acids is 2. The van der Waals surface area contributed by atoms with Crippen LogP contribution in [0.5, 0.6) is 5.75 Å². The molecule has 1 unspecified atom stereocenters. The van der Waals surface area contributed by atoms with Crippen LogP contribution in [-0.2, 0) is 11.2 Å². The summed E-state index contributed by atoms with van der Waals surface area (Å²) in [6.07, 6.45) is 0.370. The zero-order valence-corrected chi connectivity index (χ0v) is 24.1. The minimum absolute atomic E-state index is 0.231. The predicted molar refractivity (Wildman–Crippen MR) is 167 cm³/mol. The van der Waals surface area contributed by atoms with Gasteiger partial charge in [0.05, 0.1) is 7.11 Å². The Morgan fingerprint density at radius 3 is 2.10 bits per heavy atom. The van der Waals surface area contributed by atoms with Gasteiger partial charge in [0.15, 0.2) is 0 Å². The van der Waals surface area contributed by atoms with Crippen molar-refractivity contribution in [2.75, 3.05) is 44.5 Å². The fourth-order valence-corrected chi connectivity index (χ4v) is 4.48. The highest BCUT2D eigenvalue weighted by atomic mass is 16.5. The average molecular weight is 551 g/mol. The lowest BCUT2D eigenvalue weighted by Gasteiger charge is -2.19. The number of rotatable bonds is 12. The van der Waals surface area contributed by atoms with Crippen molar-refractivity contribution in [3.8, 4) is 16.9 Å². The number of nitrogens with one attached hydrogen (secondary N) is 3. The van der Waals surface area contributed by atoms with Crippen LogP contribution in [0.1, 0.15) is 21.5 Å². The molecule has 0 radical (unpaired) electrons. The first-order chi connectivity index (χ1) is 19.8. The zero-order chi connectivity index (χ0) is 29.2. The van der Waals surface area contributed by atoms with Gasteiger partial charge in [-0.2, -0.15) is 0 Å². The molecule has 0 bridgehead atoms. The van der Waals surface area contributed by atoms with Crippen molar-refractivity contribution >= 4 is 23.2 Å². The van der Waals surface area contributed by atoms with Crippen molar-refractivity contribution in [2.45, 2.75) is 19.4 Å². The van der Waals surface area contributed by atoms with Gasteiger partial charge in [0.1, 0.15) is 11.8 Å². The molecule has 7 heteroatoms. The third kappa shape index (κ3) is 8.35. The van der Waals surface area contributed by atoms with E-state index >= 15 is 0 Å². The van der Waals surface area contributed by atoms with Gasteiger partial charge >= 0.3 is 0 Å². The van der Waals surface area contributed by atoms with Gasteiger partial charge in [0.25, 0.3) is 5.91 Å². The SMILES string of the molecule is COc1ccc(NCCNC(=O)C(Cc2ccc(-c3ccc(N(C)C)cc3)cc2)NC(=O)c2cccc(C)c2)cc1. The van der Waals surface area contributed by atoms with E-state index in [4.69, 9.17) is 4.74 Å². The highest BCUT2D eigenvalue weighted by molar-refractivity contribution is 5.97. The molecule has 0 aliphatic rings. The Morgan fingerprint density at radius 1 is 0.829 bits per heavy atom. The van der Waals surface area contributed by atoms with Crippen LogP contribution in [0.2, 0.25) is 0 Å². The molecular formula is C34H38N4O3. The predicted octanol–water partition coefficient (Wildman–Crippen LogP) is 5.31. The Labute approximate surface area is 242 Å². The Kier molecular flexibility index (Phi) is 9.99. The quantitative estimate of drug-likeness (QED) is 0.208. The minimum atomic E-state index is -0.728. The monoisotopic (exact) mass is 550 g/mol. The molecule has 0 aliphatic carbocycles. The van der Waals surface area contributed by atoms with Crippen molar-refractivity contribution in [1.29, 1.82) is 0 Å². The summed E-state index contributed by atoms with van der Waals surface area (Å²) in [5, 5.41) is 9.21. The standard InChI is InChI=1S/C34H38N4O3/c1-24-6-5-7-28(22-24)33(39)37-32(34(40)36-21-20-35-29-14-18-31(41-4)19-15-29)23-25-8-10-26(11-9-25)27-12-16-30(17-13-27)38(2)3/h5-19,22,32,35H,20-21,23H2,1-4H3,(H,36,40)(H,37,39). The molecular weight excluding hydrogens is 512 g/mol. The lowest BCUT2D eigenvalue weighted by molar-refractivity contribution is -0.122. The summed E-state index contributed by atoms with van der Waals surface area (Å²) < 4.78 is 5.19. The van der Waals surface area contributed by atoms with E-state index in [-0.39, 0.29) is 11.8 Å². The Balaban J connectivity index is 1.41. The van der Waals surface area contributed by atoms with Crippen LogP contribution in [0.25, 0.3) is 11.1 Å². The Hall–Kier alpha value is -4.78. The van der Waals surface area contributed by atoms with Crippen molar-refractivity contribution < 1.29 is 14.3 Å². The van der Waals surface area contributed by atoms with E-state index in [1.54, 1.807) is 13.2 Å². The van der Waals surface area contributed by atoms with E-state index in [1.165, 1.54) is 0 Å². The highest BCUT2D eigenvalue weighted by Gasteiger charge is 2.22. The number of benzene rings is 4. The number of aryl methyl sites for hydroxylation is 1. The Morgan fingerprint density at radius 2 is 1.49 bits per heavy atom. The maximum absolute atomic E-state index is 13.3. The first-order valence-corrected chi connectivity index (χ1v) is 13.7. The van der Waals surface area contributed by atoms with Crippen LogP contribution in [0.3, 0.4) is 0 Å². The molecule has 7 nitrogen and oxygen atoms in total. The van der Waals surface area contributed by atoms with Gasteiger partial charge in [-0.1, -0.05) is 54.1 Å². The van der Waals surface area contributed by atoms with E-state index < -0.39 is 6.04 Å². The molecule has 1 atom stereocenters. The van der Waals surface area contributed by atoms with Crippen LogP contribution < -0.4 is 25.6 Å². The second kappa shape index (κ2) is 14.0. The molecule has 212 valence electrons. The number of nitrogens with zero attached hydrogens (tertiary/aromatic N) is 1. The first kappa shape index (κ1) is 29.2. The molecule has 0 heterocycles. The van der Waals surface area contributed by atoms with E-state index in [2.05, 4.69) is 57.2 Å². The van der Waals surface area contributed by atoms with Crippen LogP contribution in [0, 0.1) is 6.92 Å². The third-order valence-corrected chi connectivity index (χ3v) is 6.86. The van der Waals surface area contributed by atoms with Crippen molar-refractivity contribution in [2.24, 2.45) is 0 Å². The van der Waals surface area contributed by atoms with Crippen LogP contribution in [-0.4, -0.2) is 52.2 Å². The molecule has 0 saturated heterocycles. The lowest BCUT2D eigenvalue weighted by Crippen LogP contribution is -2.48. The van der Waals surface area contributed by atoms with Gasteiger partial charge < -0.3 is 25.6 Å². The van der Waals surface area contributed by atoms with Gasteiger partial charge in [-0.3, -0.25) is 9.59 Å². The summed E-state index contributed by atoms with van der Waals surface area (Å²) in [7, 11) is 5.67. The molecule has 3 N–H and O–H groups in total. The smallest absolute Gasteiger partial charge is 0.251 e. The van der Waals surface area contributed by atoms with Gasteiger partial charge in [0, 0.05) is 50.5 Å². The number of hydrogen-bond donors (Lipinski definition) is 3. The number of methoxy groups -OCH3 is 1. The van der Waals surface area contributed by atoms with Gasteiger partial charge in [-0.05, 0) is 72.1 Å². The first-order valence-electron chi connectivity index (χ1n) is 13.7. The van der Waals surface area contributed by atoms with E-state index in [0.717, 1.165) is 39.4 Å². The largest absolute Gasteiger partial charge is 0.497 e. The lowest BCUT2D eigenvalue weighted by atomic mass is 9.99. The molecule has 0 aliphatic heterocycles. The molecule has 4 rings (SSSR count). The molecule has 0 spiro atoms. The maximum atomic E-state index is 13.3. The maximum Gasteiger partial charge on any atom is 0.251 e. The number of carbonyl (C=O) groups is 2. The summed E-state index contributed by atoms with van der Waals surface area (Å²) in [5.74, 6) is 0.278. The number of anilines is 2. The van der Waals surface area contributed by atoms with Gasteiger partial charge in [-0.25, -0.2) is 0 Å². The highest BCUT2D eigenvalue weighted by Crippen LogP contribution is 2.23. The second-order valence-electron chi connectivity index (χ2n) is 10.2. The Bertz CT molecular complexity index is 1430. The summed E-state index contributed by atoms with van der Waals surface area (Å²) in [6, 6.07) is 30.7. The van der Waals surface area contributed by atoms with Gasteiger partial charge in [-0.15, -0.1) is 0 Å². The summed E-state index contributed by atoms with van der Waals surface area (Å²) in [5.41, 5.74) is 6.75. The zero-order valence-electron chi connectivity index (χ0n) is 24.1. The van der Waals surface area contributed by atoms with Crippen LogP contribution >= 0.6 is 0 Å². The number of ether oxygens (including phenoxy) is 1. The van der Waals surface area contributed by atoms with E-state index in [9.17, 15) is 9.59 Å². The van der Waals surface area contributed by atoms with Crippen molar-refractivity contribution in [3.63, 3.8) is 0 Å². The molecule has 2 amide bonds. The van der Waals surface area contributed by atoms with Gasteiger partial charge in [0.2, 0.25) is 5.91 Å². The molecule has 0 aromatic heterocycles. The minimum Gasteiger partial charge on any atom is -0.497 e. The van der Waals surface area contributed by atoms with E-state index in [0.29, 0.717) is 25.1 Å². The van der Waals surface area contributed by atoms with Crippen molar-refractivity contribution in [1.82, 2.24) is 10.6 Å². The summed E-state index contributed by atoms with van der Waals surface area (Å²) >= 11 is 0. The average Bonchev–Trinajstić information content (AvgIpc) is 2.99. The summed E-state index contributed by atoms with van der Waals surface area (Å²) in [6.45, 7) is 2.88. The topological polar surface area (TPSA) is 82.7 Å². The third-order valence-electron chi connectivity index (χ3n) is 6.86. The normalized spacial score (nSPS) is 11.3. The van der Waals surface area contributed by atoms with Crippen molar-refractivity contribution in [3.05, 3.63) is 114 Å². The second-order valence-corrected chi connectivity index (χ2v) is 10.2. The molecule has 0 fully saturated rings. The molecule has 41 heavy (non-hydrogen) atoms. The molecule has 0 saturated carbocycles. The number of hydrogen-bond acceptors (Lipinski definition) is 5. The van der Waals surface area contributed by atoms with E-state index in [1.807, 2.05) is 75.6 Å². The van der Waals surface area contributed by atoms with Crippen LogP contribution in [0.15, 0.2) is 97.1 Å². The molecule has 4 aromatic carbocycles. The number of amides is 2. The summed E-state index contributed by atoms with van der Waals surface area (Å²) in [4.78, 5) is 28.4.